The number of halogens is 1. The zero-order valence-corrected chi connectivity index (χ0v) is 14.9. The van der Waals surface area contributed by atoms with Gasteiger partial charge in [0, 0.05) is 18.2 Å². The van der Waals surface area contributed by atoms with Gasteiger partial charge in [0.05, 0.1) is 17.4 Å². The fourth-order valence-electron chi connectivity index (χ4n) is 3.94. The van der Waals surface area contributed by atoms with Crippen LogP contribution in [0.2, 0.25) is 0 Å². The van der Waals surface area contributed by atoms with Crippen molar-refractivity contribution in [1.29, 1.82) is 0 Å². The molecule has 0 unspecified atom stereocenters. The van der Waals surface area contributed by atoms with E-state index >= 15 is 0 Å². The van der Waals surface area contributed by atoms with E-state index in [2.05, 4.69) is 39.6 Å². The molecular weight excluding hydrogens is 337 g/mol. The van der Waals surface area contributed by atoms with Crippen LogP contribution < -0.4 is 5.32 Å². The highest BCUT2D eigenvalue weighted by atomic mass is 19.1. The Morgan fingerprint density at radius 2 is 1.70 bits per heavy atom. The highest BCUT2D eigenvalue weighted by Crippen LogP contribution is 2.26. The Morgan fingerprint density at radius 3 is 2.48 bits per heavy atom. The van der Waals surface area contributed by atoms with Crippen molar-refractivity contribution in [1.82, 2.24) is 15.3 Å². The molecule has 3 aromatic carbocycles. The van der Waals surface area contributed by atoms with Crippen LogP contribution in [0.15, 0.2) is 67.0 Å². The first-order valence-corrected chi connectivity index (χ1v) is 9.28. The lowest BCUT2D eigenvalue weighted by Crippen LogP contribution is -2.29. The predicted octanol–water partition coefficient (Wildman–Crippen LogP) is 4.63. The summed E-state index contributed by atoms with van der Waals surface area (Å²) in [4.78, 5) is 7.35. The Bertz CT molecular complexity index is 1090. The molecule has 0 atom stereocenters. The molecule has 1 heterocycles. The first-order valence-electron chi connectivity index (χ1n) is 9.28. The molecule has 27 heavy (non-hydrogen) atoms. The maximum absolute atomic E-state index is 14.7. The Hall–Kier alpha value is -2.98. The summed E-state index contributed by atoms with van der Waals surface area (Å²) in [7, 11) is 0. The summed E-state index contributed by atoms with van der Waals surface area (Å²) < 4.78 is 14.7. The number of fused-ring (bicyclic) bond motifs is 2. The van der Waals surface area contributed by atoms with Gasteiger partial charge in [0.15, 0.2) is 0 Å². The van der Waals surface area contributed by atoms with E-state index in [1.54, 1.807) is 12.4 Å². The third-order valence-electron chi connectivity index (χ3n) is 5.44. The predicted molar refractivity (Wildman–Crippen MR) is 106 cm³/mol. The number of nitrogens with zero attached hydrogens (tertiary/aromatic N) is 1. The largest absolute Gasteiger partial charge is 0.345 e. The number of hydrogen-bond acceptors (Lipinski definition) is 2. The summed E-state index contributed by atoms with van der Waals surface area (Å²) >= 11 is 0. The summed E-state index contributed by atoms with van der Waals surface area (Å²) in [5, 5.41) is 3.51. The molecule has 0 radical (unpaired) electrons. The van der Waals surface area contributed by atoms with Crippen LogP contribution in [-0.4, -0.2) is 16.0 Å². The smallest absolute Gasteiger partial charge is 0.128 e. The number of imidazole rings is 1. The molecule has 1 aliphatic rings. The van der Waals surface area contributed by atoms with Crippen LogP contribution in [-0.2, 0) is 19.4 Å². The van der Waals surface area contributed by atoms with Crippen LogP contribution >= 0.6 is 0 Å². The third-order valence-corrected chi connectivity index (χ3v) is 5.44. The summed E-state index contributed by atoms with van der Waals surface area (Å²) in [6, 6.07) is 20.3. The van der Waals surface area contributed by atoms with E-state index in [0.29, 0.717) is 18.2 Å². The molecule has 0 aliphatic heterocycles. The van der Waals surface area contributed by atoms with Crippen LogP contribution in [0.3, 0.4) is 0 Å². The second-order valence-electron chi connectivity index (χ2n) is 7.20. The van der Waals surface area contributed by atoms with E-state index in [0.717, 1.165) is 35.0 Å². The Kier molecular flexibility index (Phi) is 3.98. The molecule has 1 aliphatic carbocycles. The van der Waals surface area contributed by atoms with Gasteiger partial charge in [-0.3, -0.25) is 0 Å². The molecule has 0 saturated carbocycles. The molecule has 3 nitrogen and oxygen atoms in total. The van der Waals surface area contributed by atoms with Crippen molar-refractivity contribution in [2.45, 2.75) is 25.4 Å². The monoisotopic (exact) mass is 357 g/mol. The van der Waals surface area contributed by atoms with E-state index in [9.17, 15) is 4.39 Å². The Labute approximate surface area is 157 Å². The second kappa shape index (κ2) is 6.63. The number of benzene rings is 3. The minimum atomic E-state index is -0.169. The van der Waals surface area contributed by atoms with Crippen molar-refractivity contribution >= 4 is 11.0 Å². The maximum atomic E-state index is 14.7. The number of nitrogens with one attached hydrogen (secondary N) is 2. The average molecular weight is 357 g/mol. The van der Waals surface area contributed by atoms with Crippen molar-refractivity contribution in [3.05, 3.63) is 89.5 Å². The normalized spacial score (nSPS) is 14.0. The Morgan fingerprint density at radius 1 is 0.963 bits per heavy atom. The lowest BCUT2D eigenvalue weighted by atomic mass is 10.0. The lowest BCUT2D eigenvalue weighted by molar-refractivity contribution is 0.516. The molecule has 0 spiro atoms. The topological polar surface area (TPSA) is 40.7 Å². The number of aromatic nitrogens is 2. The average Bonchev–Trinajstić information content (AvgIpc) is 3.32. The number of rotatable bonds is 4. The van der Waals surface area contributed by atoms with Gasteiger partial charge in [0.1, 0.15) is 5.82 Å². The van der Waals surface area contributed by atoms with E-state index in [4.69, 9.17) is 0 Å². The van der Waals surface area contributed by atoms with Crippen LogP contribution in [0, 0.1) is 5.82 Å². The SMILES string of the molecule is Fc1cc(-c2ccc3[nH]cnc3c2)ccc1CNC1Cc2ccccc2C1. The zero-order valence-electron chi connectivity index (χ0n) is 14.9. The minimum Gasteiger partial charge on any atom is -0.345 e. The first kappa shape index (κ1) is 16.2. The van der Waals surface area contributed by atoms with Gasteiger partial charge < -0.3 is 10.3 Å². The van der Waals surface area contributed by atoms with E-state index in [1.165, 1.54) is 11.1 Å². The van der Waals surface area contributed by atoms with E-state index < -0.39 is 0 Å². The third kappa shape index (κ3) is 3.13. The fourth-order valence-corrected chi connectivity index (χ4v) is 3.94. The summed E-state index contributed by atoms with van der Waals surface area (Å²) in [6.45, 7) is 0.545. The molecule has 0 bridgehead atoms. The minimum absolute atomic E-state index is 0.169. The summed E-state index contributed by atoms with van der Waals surface area (Å²) in [5.41, 5.74) is 7.22. The van der Waals surface area contributed by atoms with Gasteiger partial charge in [-0.1, -0.05) is 42.5 Å². The molecule has 5 rings (SSSR count). The van der Waals surface area contributed by atoms with Gasteiger partial charge in [-0.2, -0.15) is 0 Å². The van der Waals surface area contributed by atoms with Gasteiger partial charge in [0.2, 0.25) is 0 Å². The van der Waals surface area contributed by atoms with Gasteiger partial charge in [-0.05, 0) is 53.3 Å². The van der Waals surface area contributed by atoms with Gasteiger partial charge >= 0.3 is 0 Å². The van der Waals surface area contributed by atoms with Crippen molar-refractivity contribution in [3.8, 4) is 11.1 Å². The second-order valence-corrected chi connectivity index (χ2v) is 7.20. The summed E-state index contributed by atoms with van der Waals surface area (Å²) in [6.07, 6.45) is 3.70. The zero-order chi connectivity index (χ0) is 18.2. The molecule has 4 heteroatoms. The molecule has 1 aromatic heterocycles. The van der Waals surface area contributed by atoms with Crippen molar-refractivity contribution < 1.29 is 4.39 Å². The standard InChI is InChI=1S/C23H20FN3/c24-21-11-17(18-7-8-22-23(12-18)27-14-26-22)5-6-19(21)13-25-20-9-15-3-1-2-4-16(15)10-20/h1-8,11-12,14,20,25H,9-10,13H2,(H,26,27). The highest BCUT2D eigenvalue weighted by Gasteiger charge is 2.20. The molecular formula is C23H20FN3. The van der Waals surface area contributed by atoms with Crippen LogP contribution in [0.4, 0.5) is 4.39 Å². The van der Waals surface area contributed by atoms with Gasteiger partial charge in [-0.25, -0.2) is 9.37 Å². The van der Waals surface area contributed by atoms with Gasteiger partial charge in [0.25, 0.3) is 0 Å². The quantitative estimate of drug-likeness (QED) is 0.559. The highest BCUT2D eigenvalue weighted by molar-refractivity contribution is 5.81. The van der Waals surface area contributed by atoms with Crippen LogP contribution in [0.1, 0.15) is 16.7 Å². The molecule has 0 fully saturated rings. The molecule has 4 aromatic rings. The number of hydrogen-bond donors (Lipinski definition) is 2. The van der Waals surface area contributed by atoms with Crippen molar-refractivity contribution in [2.75, 3.05) is 0 Å². The van der Waals surface area contributed by atoms with Gasteiger partial charge in [-0.15, -0.1) is 0 Å². The number of H-pyrrole nitrogens is 1. The molecule has 0 amide bonds. The van der Waals surface area contributed by atoms with E-state index in [-0.39, 0.29) is 5.82 Å². The summed E-state index contributed by atoms with van der Waals surface area (Å²) in [5.74, 6) is -0.169. The molecule has 0 saturated heterocycles. The number of aromatic amines is 1. The molecule has 2 N–H and O–H groups in total. The fraction of sp³-hybridized carbons (Fsp3) is 0.174. The lowest BCUT2D eigenvalue weighted by Gasteiger charge is -2.13. The van der Waals surface area contributed by atoms with Crippen LogP contribution in [0.25, 0.3) is 22.2 Å². The van der Waals surface area contributed by atoms with E-state index in [1.807, 2.05) is 30.3 Å². The van der Waals surface area contributed by atoms with Crippen molar-refractivity contribution in [3.63, 3.8) is 0 Å². The first-order chi connectivity index (χ1) is 13.3. The Balaban J connectivity index is 1.30. The molecule has 134 valence electrons. The van der Waals surface area contributed by atoms with Crippen LogP contribution in [0.5, 0.6) is 0 Å². The maximum Gasteiger partial charge on any atom is 0.128 e. The van der Waals surface area contributed by atoms with Crippen molar-refractivity contribution in [2.24, 2.45) is 0 Å².